The SMILES string of the molecule is C[C@@H]1CCC[C@@]1(C#N)NC(=O)CCC(=O)OC(C)(C)C. The van der Waals surface area contributed by atoms with E-state index in [9.17, 15) is 14.9 Å². The molecule has 1 aliphatic carbocycles. The topological polar surface area (TPSA) is 79.2 Å². The molecule has 5 heteroatoms. The van der Waals surface area contributed by atoms with E-state index >= 15 is 0 Å². The lowest BCUT2D eigenvalue weighted by Gasteiger charge is -2.27. The molecule has 112 valence electrons. The zero-order valence-corrected chi connectivity index (χ0v) is 12.8. The molecule has 5 nitrogen and oxygen atoms in total. The molecule has 1 rings (SSSR count). The number of hydrogen-bond acceptors (Lipinski definition) is 4. The molecule has 0 saturated heterocycles. The smallest absolute Gasteiger partial charge is 0.306 e. The zero-order valence-electron chi connectivity index (χ0n) is 12.8. The van der Waals surface area contributed by atoms with Gasteiger partial charge in [0.15, 0.2) is 0 Å². The van der Waals surface area contributed by atoms with Gasteiger partial charge in [0.05, 0.1) is 12.5 Å². The van der Waals surface area contributed by atoms with Gasteiger partial charge in [-0.15, -0.1) is 0 Å². The van der Waals surface area contributed by atoms with Crippen molar-refractivity contribution < 1.29 is 14.3 Å². The highest BCUT2D eigenvalue weighted by atomic mass is 16.6. The van der Waals surface area contributed by atoms with Gasteiger partial charge in [0, 0.05) is 6.42 Å². The quantitative estimate of drug-likeness (QED) is 0.801. The molecule has 20 heavy (non-hydrogen) atoms. The Morgan fingerprint density at radius 3 is 2.50 bits per heavy atom. The van der Waals surface area contributed by atoms with Crippen molar-refractivity contribution in [2.75, 3.05) is 0 Å². The van der Waals surface area contributed by atoms with Crippen molar-refractivity contribution in [3.05, 3.63) is 0 Å². The number of carbonyl (C=O) groups excluding carboxylic acids is 2. The van der Waals surface area contributed by atoms with Crippen LogP contribution < -0.4 is 5.32 Å². The summed E-state index contributed by atoms with van der Waals surface area (Å²) < 4.78 is 5.15. The third kappa shape index (κ3) is 4.52. The molecule has 2 atom stereocenters. The number of esters is 1. The summed E-state index contributed by atoms with van der Waals surface area (Å²) >= 11 is 0. The Bertz CT molecular complexity index is 420. The first-order valence-electron chi connectivity index (χ1n) is 7.13. The molecule has 1 aliphatic rings. The molecular formula is C15H24N2O3. The van der Waals surface area contributed by atoms with Crippen LogP contribution in [0.15, 0.2) is 0 Å². The highest BCUT2D eigenvalue weighted by Gasteiger charge is 2.41. The van der Waals surface area contributed by atoms with Gasteiger partial charge in [-0.25, -0.2) is 0 Å². The van der Waals surface area contributed by atoms with Crippen LogP contribution in [-0.4, -0.2) is 23.0 Å². The molecule has 1 fully saturated rings. The Kier molecular flexibility index (Phi) is 5.15. The monoisotopic (exact) mass is 280 g/mol. The van der Waals surface area contributed by atoms with Crippen LogP contribution in [0.4, 0.5) is 0 Å². The Morgan fingerprint density at radius 1 is 1.40 bits per heavy atom. The normalized spacial score (nSPS) is 25.9. The second-order valence-corrected chi connectivity index (χ2v) is 6.51. The van der Waals surface area contributed by atoms with Crippen molar-refractivity contribution in [1.29, 1.82) is 5.26 Å². The van der Waals surface area contributed by atoms with E-state index in [1.165, 1.54) is 0 Å². The van der Waals surface area contributed by atoms with Crippen LogP contribution in [0.5, 0.6) is 0 Å². The molecule has 1 amide bonds. The first-order chi connectivity index (χ1) is 9.18. The number of carbonyl (C=O) groups is 2. The predicted molar refractivity (Wildman–Crippen MR) is 74.6 cm³/mol. The maximum absolute atomic E-state index is 11.9. The Balaban J connectivity index is 2.45. The largest absolute Gasteiger partial charge is 0.460 e. The van der Waals surface area contributed by atoms with E-state index < -0.39 is 17.1 Å². The minimum atomic E-state index is -0.759. The number of rotatable bonds is 4. The number of hydrogen-bond donors (Lipinski definition) is 1. The van der Waals surface area contributed by atoms with Gasteiger partial charge in [0.25, 0.3) is 0 Å². The molecule has 0 radical (unpaired) electrons. The van der Waals surface area contributed by atoms with Gasteiger partial charge in [-0.3, -0.25) is 9.59 Å². The van der Waals surface area contributed by atoms with E-state index in [1.54, 1.807) is 20.8 Å². The molecule has 0 aromatic rings. The van der Waals surface area contributed by atoms with Crippen molar-refractivity contribution in [3.63, 3.8) is 0 Å². The lowest BCUT2D eigenvalue weighted by atomic mass is 9.89. The number of nitrogens with zero attached hydrogens (tertiary/aromatic N) is 1. The van der Waals surface area contributed by atoms with E-state index in [0.717, 1.165) is 12.8 Å². The van der Waals surface area contributed by atoms with E-state index in [1.807, 2.05) is 6.92 Å². The van der Waals surface area contributed by atoms with Crippen LogP contribution in [0.25, 0.3) is 0 Å². The van der Waals surface area contributed by atoms with Gasteiger partial charge in [0.2, 0.25) is 5.91 Å². The fraction of sp³-hybridized carbons (Fsp3) is 0.800. The predicted octanol–water partition coefficient (Wildman–Crippen LogP) is 2.31. The minimum absolute atomic E-state index is 0.0407. The fourth-order valence-corrected chi connectivity index (χ4v) is 2.48. The van der Waals surface area contributed by atoms with Crippen molar-refractivity contribution >= 4 is 11.9 Å². The van der Waals surface area contributed by atoms with Gasteiger partial charge in [-0.2, -0.15) is 5.26 Å². The number of nitrogens with one attached hydrogen (secondary N) is 1. The first-order valence-corrected chi connectivity index (χ1v) is 7.13. The van der Waals surface area contributed by atoms with Crippen LogP contribution in [0.3, 0.4) is 0 Å². The Labute approximate surface area is 120 Å². The van der Waals surface area contributed by atoms with Crippen LogP contribution >= 0.6 is 0 Å². The summed E-state index contributed by atoms with van der Waals surface area (Å²) in [5.41, 5.74) is -1.30. The third-order valence-electron chi connectivity index (χ3n) is 3.59. The van der Waals surface area contributed by atoms with Crippen molar-refractivity contribution in [2.24, 2.45) is 5.92 Å². The standard InChI is InChI=1S/C15H24N2O3/c1-11-6-5-9-15(11,10-16)17-12(18)7-8-13(19)20-14(2,3)4/h11H,5-9H2,1-4H3,(H,17,18)/t11-,15+/m1/s1. The number of amides is 1. The summed E-state index contributed by atoms with van der Waals surface area (Å²) in [5, 5.41) is 12.1. The van der Waals surface area contributed by atoms with Crippen LogP contribution in [0.1, 0.15) is 59.8 Å². The van der Waals surface area contributed by atoms with E-state index in [0.29, 0.717) is 6.42 Å². The maximum atomic E-state index is 11.9. The highest BCUT2D eigenvalue weighted by Crippen LogP contribution is 2.34. The number of nitriles is 1. The average molecular weight is 280 g/mol. The first kappa shape index (κ1) is 16.5. The van der Waals surface area contributed by atoms with Gasteiger partial charge >= 0.3 is 5.97 Å². The van der Waals surface area contributed by atoms with E-state index in [2.05, 4.69) is 11.4 Å². The third-order valence-corrected chi connectivity index (χ3v) is 3.59. The van der Waals surface area contributed by atoms with Crippen LogP contribution in [-0.2, 0) is 14.3 Å². The average Bonchev–Trinajstić information content (AvgIpc) is 2.67. The van der Waals surface area contributed by atoms with Gasteiger partial charge in [-0.05, 0) is 46.0 Å². The highest BCUT2D eigenvalue weighted by molar-refractivity contribution is 5.82. The summed E-state index contributed by atoms with van der Waals surface area (Å²) in [6, 6.07) is 2.24. The van der Waals surface area contributed by atoms with Gasteiger partial charge in [0.1, 0.15) is 11.1 Å². The Morgan fingerprint density at radius 2 is 2.05 bits per heavy atom. The van der Waals surface area contributed by atoms with Crippen LogP contribution in [0, 0.1) is 17.2 Å². The molecule has 0 spiro atoms. The van der Waals surface area contributed by atoms with E-state index in [4.69, 9.17) is 4.74 Å². The summed E-state index contributed by atoms with van der Waals surface area (Å²) in [6.07, 6.45) is 2.67. The summed E-state index contributed by atoms with van der Waals surface area (Å²) in [7, 11) is 0. The molecule has 0 heterocycles. The minimum Gasteiger partial charge on any atom is -0.460 e. The van der Waals surface area contributed by atoms with Crippen molar-refractivity contribution in [2.45, 2.75) is 70.9 Å². The maximum Gasteiger partial charge on any atom is 0.306 e. The summed E-state index contributed by atoms with van der Waals surface area (Å²) in [6.45, 7) is 7.34. The lowest BCUT2D eigenvalue weighted by molar-refractivity contribution is -0.155. The summed E-state index contributed by atoms with van der Waals surface area (Å²) in [4.78, 5) is 23.5. The molecule has 0 aromatic heterocycles. The fourth-order valence-electron chi connectivity index (χ4n) is 2.48. The molecule has 1 saturated carbocycles. The van der Waals surface area contributed by atoms with Crippen molar-refractivity contribution in [1.82, 2.24) is 5.32 Å². The molecular weight excluding hydrogens is 256 g/mol. The Hall–Kier alpha value is -1.57. The van der Waals surface area contributed by atoms with Crippen molar-refractivity contribution in [3.8, 4) is 6.07 Å². The lowest BCUT2D eigenvalue weighted by Crippen LogP contribution is -2.49. The molecule has 0 aromatic carbocycles. The number of ether oxygens (including phenoxy) is 1. The van der Waals surface area contributed by atoms with E-state index in [-0.39, 0.29) is 24.7 Å². The molecule has 0 bridgehead atoms. The zero-order chi connectivity index (χ0) is 15.4. The molecule has 0 unspecified atom stereocenters. The van der Waals surface area contributed by atoms with Crippen LogP contribution in [0.2, 0.25) is 0 Å². The summed E-state index contributed by atoms with van der Waals surface area (Å²) in [5.74, 6) is -0.498. The molecule has 1 N–H and O–H groups in total. The van der Waals surface area contributed by atoms with Gasteiger partial charge < -0.3 is 10.1 Å². The second-order valence-electron chi connectivity index (χ2n) is 6.51. The second kappa shape index (κ2) is 6.25. The molecule has 0 aliphatic heterocycles. The van der Waals surface area contributed by atoms with Gasteiger partial charge in [-0.1, -0.05) is 6.92 Å².